The monoisotopic (exact) mass is 250 g/mol. The van der Waals surface area contributed by atoms with Crippen LogP contribution in [-0.4, -0.2) is 64.3 Å². The number of rotatable bonds is 6. The van der Waals surface area contributed by atoms with Gasteiger partial charge in [-0.05, 0) is 6.42 Å². The Morgan fingerprint density at radius 2 is 2.00 bits per heavy atom. The van der Waals surface area contributed by atoms with Gasteiger partial charge in [0.2, 0.25) is 5.79 Å². The third-order valence-corrected chi connectivity index (χ3v) is 2.89. The average molecular weight is 250 g/mol. The maximum absolute atomic E-state index is 9.92. The number of aliphatic hydroxyl groups excluding tert-OH is 3. The lowest BCUT2D eigenvalue weighted by molar-refractivity contribution is -0.335. The molecule has 4 atom stereocenters. The topological polar surface area (TPSA) is 99.4 Å². The quantitative estimate of drug-likeness (QED) is 0.451. The Kier molecular flexibility index (Phi) is 5.78. The zero-order valence-electron chi connectivity index (χ0n) is 10.1. The lowest BCUT2D eigenvalue weighted by Crippen LogP contribution is -2.62. The van der Waals surface area contributed by atoms with Gasteiger partial charge < -0.3 is 29.9 Å². The molecule has 1 saturated heterocycles. The van der Waals surface area contributed by atoms with Gasteiger partial charge in [-0.25, -0.2) is 0 Å². The van der Waals surface area contributed by atoms with Crippen molar-refractivity contribution in [2.45, 2.75) is 50.3 Å². The predicted molar refractivity (Wildman–Crippen MR) is 59.3 cm³/mol. The van der Waals surface area contributed by atoms with E-state index in [0.29, 0.717) is 6.61 Å². The van der Waals surface area contributed by atoms with Crippen LogP contribution in [0, 0.1) is 0 Å². The van der Waals surface area contributed by atoms with Crippen molar-refractivity contribution in [2.75, 3.05) is 19.8 Å². The first kappa shape index (κ1) is 14.8. The van der Waals surface area contributed by atoms with E-state index in [2.05, 4.69) is 6.92 Å². The van der Waals surface area contributed by atoms with Crippen molar-refractivity contribution in [3.8, 4) is 0 Å². The van der Waals surface area contributed by atoms with Crippen LogP contribution >= 0.6 is 0 Å². The summed E-state index contributed by atoms with van der Waals surface area (Å²) in [5, 5.41) is 38.2. The van der Waals surface area contributed by atoms with Gasteiger partial charge in [0.25, 0.3) is 0 Å². The summed E-state index contributed by atoms with van der Waals surface area (Å²) < 4.78 is 10.1. The van der Waals surface area contributed by atoms with Crippen LogP contribution in [0.2, 0.25) is 0 Å². The van der Waals surface area contributed by atoms with Gasteiger partial charge in [0.15, 0.2) is 0 Å². The molecule has 6 heteroatoms. The fourth-order valence-corrected chi connectivity index (χ4v) is 1.69. The van der Waals surface area contributed by atoms with E-state index in [-0.39, 0.29) is 13.2 Å². The first-order valence-corrected chi connectivity index (χ1v) is 5.99. The highest BCUT2D eigenvalue weighted by atomic mass is 16.7. The van der Waals surface area contributed by atoms with Crippen molar-refractivity contribution < 1.29 is 29.9 Å². The Hall–Kier alpha value is -0.240. The average Bonchev–Trinajstić information content (AvgIpc) is 2.32. The highest BCUT2D eigenvalue weighted by Gasteiger charge is 2.48. The van der Waals surface area contributed by atoms with Gasteiger partial charge >= 0.3 is 0 Å². The smallest absolute Gasteiger partial charge is 0.219 e. The minimum atomic E-state index is -1.94. The fraction of sp³-hybridized carbons (Fsp3) is 1.00. The summed E-state index contributed by atoms with van der Waals surface area (Å²) in [6, 6.07) is 0. The van der Waals surface area contributed by atoms with Gasteiger partial charge in [0.05, 0.1) is 6.61 Å². The Bertz CT molecular complexity index is 224. The minimum absolute atomic E-state index is 0.221. The molecule has 0 saturated carbocycles. The van der Waals surface area contributed by atoms with Crippen LogP contribution < -0.4 is 0 Å². The largest absolute Gasteiger partial charge is 0.388 e. The summed E-state index contributed by atoms with van der Waals surface area (Å²) in [4.78, 5) is 0. The molecule has 0 aromatic carbocycles. The summed E-state index contributed by atoms with van der Waals surface area (Å²) >= 11 is 0. The van der Waals surface area contributed by atoms with Gasteiger partial charge in [0.1, 0.15) is 24.9 Å². The lowest BCUT2D eigenvalue weighted by atomic mass is 9.97. The second-order valence-corrected chi connectivity index (χ2v) is 4.42. The van der Waals surface area contributed by atoms with Crippen molar-refractivity contribution in [1.29, 1.82) is 0 Å². The zero-order chi connectivity index (χ0) is 12.9. The molecule has 1 fully saturated rings. The molecule has 102 valence electrons. The molecule has 0 amide bonds. The van der Waals surface area contributed by atoms with E-state index in [1.165, 1.54) is 0 Å². The molecule has 1 aliphatic rings. The van der Waals surface area contributed by atoms with Crippen LogP contribution in [0.3, 0.4) is 0 Å². The van der Waals surface area contributed by atoms with Gasteiger partial charge in [-0.15, -0.1) is 0 Å². The first-order chi connectivity index (χ1) is 8.01. The van der Waals surface area contributed by atoms with Gasteiger partial charge in [0, 0.05) is 6.61 Å². The molecule has 6 nitrogen and oxygen atoms in total. The van der Waals surface area contributed by atoms with Gasteiger partial charge in [-0.3, -0.25) is 0 Å². The number of hydrogen-bond donors (Lipinski definition) is 4. The lowest BCUT2D eigenvalue weighted by Gasteiger charge is -2.41. The number of ether oxygens (including phenoxy) is 2. The molecule has 0 spiro atoms. The molecule has 0 aliphatic carbocycles. The van der Waals surface area contributed by atoms with Crippen LogP contribution in [0.4, 0.5) is 0 Å². The minimum Gasteiger partial charge on any atom is -0.388 e. The van der Waals surface area contributed by atoms with E-state index in [9.17, 15) is 20.4 Å². The molecule has 0 aromatic rings. The van der Waals surface area contributed by atoms with Crippen molar-refractivity contribution >= 4 is 0 Å². The SMILES string of the molecule is CCCCCOC[C@@]1(O)OC[C@@H](O)[C@H](O)[C@@H]1O. The van der Waals surface area contributed by atoms with E-state index in [4.69, 9.17) is 9.47 Å². The van der Waals surface area contributed by atoms with Crippen LogP contribution in [0.25, 0.3) is 0 Å². The van der Waals surface area contributed by atoms with Gasteiger partial charge in [-0.2, -0.15) is 0 Å². The zero-order valence-corrected chi connectivity index (χ0v) is 10.1. The van der Waals surface area contributed by atoms with E-state index in [0.717, 1.165) is 19.3 Å². The summed E-state index contributed by atoms with van der Waals surface area (Å²) in [5.41, 5.74) is 0. The number of aliphatic hydroxyl groups is 4. The van der Waals surface area contributed by atoms with Crippen LogP contribution in [0.5, 0.6) is 0 Å². The molecular weight excluding hydrogens is 228 g/mol. The van der Waals surface area contributed by atoms with E-state index in [1.807, 2.05) is 0 Å². The standard InChI is InChI=1S/C11H22O6/c1-2-3-4-5-16-7-11(15)10(14)9(13)8(12)6-17-11/h8-10,12-15H,2-7H2,1H3/t8-,9+,10+,11-/m1/s1. The summed E-state index contributed by atoms with van der Waals surface area (Å²) in [5.74, 6) is -1.94. The van der Waals surface area contributed by atoms with Crippen LogP contribution in [-0.2, 0) is 9.47 Å². The Labute approximate surface area is 101 Å². The summed E-state index contributed by atoms with van der Waals surface area (Å²) in [6.45, 7) is 2.08. The second-order valence-electron chi connectivity index (χ2n) is 4.42. The summed E-state index contributed by atoms with van der Waals surface area (Å²) in [7, 11) is 0. The molecule has 1 aliphatic heterocycles. The Morgan fingerprint density at radius 1 is 1.29 bits per heavy atom. The molecule has 0 aromatic heterocycles. The number of unbranched alkanes of at least 4 members (excludes halogenated alkanes) is 2. The third-order valence-electron chi connectivity index (χ3n) is 2.89. The fourth-order valence-electron chi connectivity index (χ4n) is 1.69. The highest BCUT2D eigenvalue weighted by Crippen LogP contribution is 2.24. The molecule has 1 rings (SSSR count). The van der Waals surface area contributed by atoms with E-state index < -0.39 is 24.1 Å². The van der Waals surface area contributed by atoms with Crippen LogP contribution in [0.15, 0.2) is 0 Å². The molecular formula is C11H22O6. The Morgan fingerprint density at radius 3 is 2.65 bits per heavy atom. The van der Waals surface area contributed by atoms with E-state index >= 15 is 0 Å². The summed E-state index contributed by atoms with van der Waals surface area (Å²) in [6.07, 6.45) is -1.22. The molecule has 0 radical (unpaired) electrons. The molecule has 17 heavy (non-hydrogen) atoms. The maximum Gasteiger partial charge on any atom is 0.219 e. The normalized spacial score (nSPS) is 38.3. The molecule has 1 heterocycles. The van der Waals surface area contributed by atoms with Gasteiger partial charge in [-0.1, -0.05) is 19.8 Å². The molecule has 0 unspecified atom stereocenters. The number of hydrogen-bond acceptors (Lipinski definition) is 6. The predicted octanol–water partition coefficient (Wildman–Crippen LogP) is -1.01. The van der Waals surface area contributed by atoms with Crippen molar-refractivity contribution in [3.05, 3.63) is 0 Å². The van der Waals surface area contributed by atoms with E-state index in [1.54, 1.807) is 0 Å². The Balaban J connectivity index is 2.34. The molecule has 0 bridgehead atoms. The van der Waals surface area contributed by atoms with Crippen molar-refractivity contribution in [3.63, 3.8) is 0 Å². The maximum atomic E-state index is 9.92. The highest BCUT2D eigenvalue weighted by molar-refractivity contribution is 4.91. The van der Waals surface area contributed by atoms with Crippen molar-refractivity contribution in [2.24, 2.45) is 0 Å². The second kappa shape index (κ2) is 6.63. The van der Waals surface area contributed by atoms with Crippen LogP contribution in [0.1, 0.15) is 26.2 Å². The molecule has 4 N–H and O–H groups in total. The third kappa shape index (κ3) is 3.87. The van der Waals surface area contributed by atoms with Crippen molar-refractivity contribution in [1.82, 2.24) is 0 Å². The first-order valence-electron chi connectivity index (χ1n) is 5.99.